The minimum absolute atomic E-state index is 0.00270. The van der Waals surface area contributed by atoms with Crippen molar-refractivity contribution in [2.75, 3.05) is 25.6 Å². The van der Waals surface area contributed by atoms with Crippen molar-refractivity contribution < 1.29 is 14.3 Å². The van der Waals surface area contributed by atoms with Crippen LogP contribution < -0.4 is 10.1 Å². The number of piperidine rings is 1. The SMILES string of the molecule is Cc1cccc(OCC(=O)NC2CCN(C(=O)C(C)(C)CCl)CC2)c1C. The van der Waals surface area contributed by atoms with E-state index in [0.29, 0.717) is 19.0 Å². The van der Waals surface area contributed by atoms with Crippen LogP contribution in [0.25, 0.3) is 0 Å². The molecule has 0 bridgehead atoms. The molecular weight excluding hydrogens is 352 g/mol. The topological polar surface area (TPSA) is 58.6 Å². The molecule has 2 rings (SSSR count). The van der Waals surface area contributed by atoms with Crippen molar-refractivity contribution in [1.29, 1.82) is 0 Å². The normalized spacial score (nSPS) is 15.7. The number of nitrogens with zero attached hydrogens (tertiary/aromatic N) is 1. The van der Waals surface area contributed by atoms with Gasteiger partial charge in [0.25, 0.3) is 5.91 Å². The molecule has 1 heterocycles. The van der Waals surface area contributed by atoms with Crippen LogP contribution in [0.3, 0.4) is 0 Å². The van der Waals surface area contributed by atoms with E-state index >= 15 is 0 Å². The van der Waals surface area contributed by atoms with Crippen LogP contribution in [0.1, 0.15) is 37.8 Å². The van der Waals surface area contributed by atoms with Crippen LogP contribution in [0.5, 0.6) is 5.75 Å². The molecule has 1 N–H and O–H groups in total. The number of amides is 2. The van der Waals surface area contributed by atoms with Crippen LogP contribution in [-0.4, -0.2) is 48.3 Å². The Morgan fingerprint density at radius 2 is 1.92 bits per heavy atom. The molecule has 1 fully saturated rings. The maximum Gasteiger partial charge on any atom is 0.258 e. The molecule has 0 unspecified atom stereocenters. The van der Waals surface area contributed by atoms with Gasteiger partial charge in [0.15, 0.2) is 6.61 Å². The molecule has 0 aliphatic carbocycles. The average Bonchev–Trinajstić information content (AvgIpc) is 2.63. The maximum atomic E-state index is 12.4. The molecular formula is C20H29ClN2O3. The number of carbonyl (C=O) groups is 2. The summed E-state index contributed by atoms with van der Waals surface area (Å²) in [4.78, 5) is 26.4. The number of hydrogen-bond donors (Lipinski definition) is 1. The van der Waals surface area contributed by atoms with E-state index in [2.05, 4.69) is 5.32 Å². The van der Waals surface area contributed by atoms with Gasteiger partial charge >= 0.3 is 0 Å². The third kappa shape index (κ3) is 5.13. The Morgan fingerprint density at radius 3 is 2.54 bits per heavy atom. The summed E-state index contributed by atoms with van der Waals surface area (Å²) in [5.74, 6) is 0.995. The molecule has 1 aliphatic heterocycles. The molecule has 0 saturated carbocycles. The van der Waals surface area contributed by atoms with Gasteiger partial charge in [-0.15, -0.1) is 11.6 Å². The molecule has 0 atom stereocenters. The summed E-state index contributed by atoms with van der Waals surface area (Å²) in [5.41, 5.74) is 1.64. The molecule has 0 radical (unpaired) electrons. The summed E-state index contributed by atoms with van der Waals surface area (Å²) in [6.07, 6.45) is 1.50. The Morgan fingerprint density at radius 1 is 1.27 bits per heavy atom. The van der Waals surface area contributed by atoms with Gasteiger partial charge in [0.2, 0.25) is 5.91 Å². The number of likely N-dealkylation sites (tertiary alicyclic amines) is 1. The summed E-state index contributed by atoms with van der Waals surface area (Å²) >= 11 is 5.89. The molecule has 6 heteroatoms. The fourth-order valence-electron chi connectivity index (χ4n) is 3.01. The van der Waals surface area contributed by atoms with Gasteiger partial charge in [-0.3, -0.25) is 9.59 Å². The first-order chi connectivity index (χ1) is 12.2. The quantitative estimate of drug-likeness (QED) is 0.771. The van der Waals surface area contributed by atoms with E-state index in [1.165, 1.54) is 0 Å². The highest BCUT2D eigenvalue weighted by atomic mass is 35.5. The number of halogens is 1. The van der Waals surface area contributed by atoms with Crippen molar-refractivity contribution in [3.8, 4) is 5.75 Å². The zero-order chi connectivity index (χ0) is 19.3. The number of benzene rings is 1. The minimum atomic E-state index is -0.544. The van der Waals surface area contributed by atoms with E-state index in [1.807, 2.05) is 50.8 Å². The highest BCUT2D eigenvalue weighted by Crippen LogP contribution is 2.23. The van der Waals surface area contributed by atoms with Crippen molar-refractivity contribution in [3.05, 3.63) is 29.3 Å². The van der Waals surface area contributed by atoms with E-state index < -0.39 is 5.41 Å². The molecule has 26 heavy (non-hydrogen) atoms. The van der Waals surface area contributed by atoms with Gasteiger partial charge in [0.1, 0.15) is 5.75 Å². The highest BCUT2D eigenvalue weighted by molar-refractivity contribution is 6.19. The largest absolute Gasteiger partial charge is 0.483 e. The van der Waals surface area contributed by atoms with Crippen molar-refractivity contribution in [2.45, 2.75) is 46.6 Å². The lowest BCUT2D eigenvalue weighted by molar-refractivity contribution is -0.140. The lowest BCUT2D eigenvalue weighted by Crippen LogP contribution is -2.50. The first kappa shape index (κ1) is 20.6. The van der Waals surface area contributed by atoms with E-state index in [1.54, 1.807) is 0 Å². The summed E-state index contributed by atoms with van der Waals surface area (Å²) < 4.78 is 5.65. The van der Waals surface area contributed by atoms with Crippen LogP contribution in [-0.2, 0) is 9.59 Å². The third-order valence-electron chi connectivity index (χ3n) is 4.97. The molecule has 1 aromatic rings. The lowest BCUT2D eigenvalue weighted by atomic mass is 9.92. The fourth-order valence-corrected chi connectivity index (χ4v) is 3.12. The predicted octanol–water partition coefficient (Wildman–Crippen LogP) is 3.05. The van der Waals surface area contributed by atoms with Crippen LogP contribution in [0, 0.1) is 19.3 Å². The van der Waals surface area contributed by atoms with E-state index in [0.717, 1.165) is 29.7 Å². The highest BCUT2D eigenvalue weighted by Gasteiger charge is 2.33. The first-order valence-electron chi connectivity index (χ1n) is 9.08. The first-order valence-corrected chi connectivity index (χ1v) is 9.62. The van der Waals surface area contributed by atoms with Gasteiger partial charge in [-0.1, -0.05) is 12.1 Å². The van der Waals surface area contributed by atoms with Gasteiger partial charge in [-0.2, -0.15) is 0 Å². The second kappa shape index (κ2) is 8.76. The number of aryl methyl sites for hydroxylation is 1. The molecule has 0 aromatic heterocycles. The number of alkyl halides is 1. The zero-order valence-corrected chi connectivity index (χ0v) is 16.9. The van der Waals surface area contributed by atoms with Crippen LogP contribution >= 0.6 is 11.6 Å². The van der Waals surface area contributed by atoms with E-state index in [4.69, 9.17) is 16.3 Å². The van der Waals surface area contributed by atoms with Crippen molar-refractivity contribution in [2.24, 2.45) is 5.41 Å². The van der Waals surface area contributed by atoms with Gasteiger partial charge in [-0.25, -0.2) is 0 Å². The lowest BCUT2D eigenvalue weighted by Gasteiger charge is -2.36. The van der Waals surface area contributed by atoms with E-state index in [9.17, 15) is 9.59 Å². The predicted molar refractivity (Wildman–Crippen MR) is 104 cm³/mol. The Labute approximate surface area is 161 Å². The van der Waals surface area contributed by atoms with Crippen LogP contribution in [0.2, 0.25) is 0 Å². The Hall–Kier alpha value is -1.75. The van der Waals surface area contributed by atoms with Crippen molar-refractivity contribution in [3.63, 3.8) is 0 Å². The zero-order valence-electron chi connectivity index (χ0n) is 16.1. The Bertz CT molecular complexity index is 652. The number of rotatable bonds is 6. The number of hydrogen-bond acceptors (Lipinski definition) is 3. The second-order valence-corrected chi connectivity index (χ2v) is 7.91. The van der Waals surface area contributed by atoms with Crippen LogP contribution in [0.4, 0.5) is 0 Å². The molecule has 144 valence electrons. The summed E-state index contributed by atoms with van der Waals surface area (Å²) in [6, 6.07) is 5.89. The minimum Gasteiger partial charge on any atom is -0.483 e. The summed E-state index contributed by atoms with van der Waals surface area (Å²) in [7, 11) is 0. The average molecular weight is 381 g/mol. The standard InChI is InChI=1S/C20H29ClN2O3/c1-14-6-5-7-17(15(14)2)26-12-18(24)22-16-8-10-23(11-9-16)19(25)20(3,4)13-21/h5-7,16H,8-13H2,1-4H3,(H,22,24). The van der Waals surface area contributed by atoms with Gasteiger partial charge in [0.05, 0.1) is 5.41 Å². The molecule has 1 aliphatic rings. The Balaban J connectivity index is 1.78. The monoisotopic (exact) mass is 380 g/mol. The third-order valence-corrected chi connectivity index (χ3v) is 5.64. The molecule has 1 saturated heterocycles. The molecule has 0 spiro atoms. The number of ether oxygens (including phenoxy) is 1. The Kier molecular flexibility index (Phi) is 6.93. The maximum absolute atomic E-state index is 12.4. The second-order valence-electron chi connectivity index (χ2n) is 7.64. The molecule has 5 nitrogen and oxygen atoms in total. The molecule has 2 amide bonds. The fraction of sp³-hybridized carbons (Fsp3) is 0.600. The van der Waals surface area contributed by atoms with Crippen molar-refractivity contribution >= 4 is 23.4 Å². The summed E-state index contributed by atoms with van der Waals surface area (Å²) in [6.45, 7) is 9.01. The number of carbonyl (C=O) groups excluding carboxylic acids is 2. The smallest absolute Gasteiger partial charge is 0.258 e. The van der Waals surface area contributed by atoms with Crippen molar-refractivity contribution in [1.82, 2.24) is 10.2 Å². The van der Waals surface area contributed by atoms with Gasteiger partial charge in [-0.05, 0) is 57.7 Å². The van der Waals surface area contributed by atoms with E-state index in [-0.39, 0.29) is 24.5 Å². The van der Waals surface area contributed by atoms with Gasteiger partial charge < -0.3 is 15.0 Å². The van der Waals surface area contributed by atoms with Gasteiger partial charge in [0, 0.05) is 25.0 Å². The molecule has 1 aromatic carbocycles. The number of nitrogens with one attached hydrogen (secondary N) is 1. The van der Waals surface area contributed by atoms with Crippen LogP contribution in [0.15, 0.2) is 18.2 Å². The summed E-state index contributed by atoms with van der Waals surface area (Å²) in [5, 5.41) is 3.01.